The van der Waals surface area contributed by atoms with E-state index in [1.807, 2.05) is 34.9 Å². The maximum absolute atomic E-state index is 12.7. The number of rotatable bonds is 3. The average Bonchev–Trinajstić information content (AvgIpc) is 2.63. The minimum absolute atomic E-state index is 0.0000280. The van der Waals surface area contributed by atoms with Crippen molar-refractivity contribution in [2.75, 3.05) is 27.2 Å². The van der Waals surface area contributed by atoms with Gasteiger partial charge < -0.3 is 4.57 Å². The number of hydrogen-bond acceptors (Lipinski definition) is 3. The van der Waals surface area contributed by atoms with Crippen molar-refractivity contribution < 1.29 is 8.42 Å². The van der Waals surface area contributed by atoms with Gasteiger partial charge in [-0.05, 0) is 29.5 Å². The maximum Gasteiger partial charge on any atom is 0.281 e. The Morgan fingerprint density at radius 1 is 1.00 bits per heavy atom. The molecule has 0 N–H and O–H groups in total. The van der Waals surface area contributed by atoms with Crippen molar-refractivity contribution in [3.05, 3.63) is 58.5 Å². The first-order valence-corrected chi connectivity index (χ1v) is 10.2. The van der Waals surface area contributed by atoms with Gasteiger partial charge in [-0.2, -0.15) is 17.0 Å². The smallest absolute Gasteiger partial charge is 0.281 e. The minimum Gasteiger partial charge on any atom is -0.312 e. The lowest BCUT2D eigenvalue weighted by molar-refractivity contribution is 0.180. The van der Waals surface area contributed by atoms with Gasteiger partial charge in [-0.25, -0.2) is 0 Å². The van der Waals surface area contributed by atoms with Crippen LogP contribution in [0.4, 0.5) is 0 Å². The van der Waals surface area contributed by atoms with E-state index >= 15 is 0 Å². The van der Waals surface area contributed by atoms with Crippen molar-refractivity contribution in [2.45, 2.75) is 18.9 Å². The van der Waals surface area contributed by atoms with Gasteiger partial charge in [0.2, 0.25) is 0 Å². The highest BCUT2D eigenvalue weighted by Gasteiger charge is 2.39. The molecule has 0 amide bonds. The third-order valence-electron chi connectivity index (χ3n) is 5.42. The summed E-state index contributed by atoms with van der Waals surface area (Å²) in [7, 11) is -0.315. The van der Waals surface area contributed by atoms with E-state index in [2.05, 4.69) is 6.07 Å². The molecule has 4 rings (SSSR count). The summed E-state index contributed by atoms with van der Waals surface area (Å²) < 4.78 is 29.8. The predicted molar refractivity (Wildman–Crippen MR) is 101 cm³/mol. The molecule has 2 atom stereocenters. The number of aromatic nitrogens is 1. The first-order chi connectivity index (χ1) is 12.4. The van der Waals surface area contributed by atoms with Crippen LogP contribution in [0.3, 0.4) is 0 Å². The van der Waals surface area contributed by atoms with E-state index in [0.29, 0.717) is 19.6 Å². The van der Waals surface area contributed by atoms with Crippen LogP contribution in [0.15, 0.2) is 47.3 Å². The topological polar surface area (TPSA) is 62.6 Å². The van der Waals surface area contributed by atoms with Crippen LogP contribution in [-0.2, 0) is 16.8 Å². The molecular formula is C19H23N3O3S. The number of fused-ring (bicyclic) bond motifs is 4. The molecule has 0 aliphatic carbocycles. The second-order valence-corrected chi connectivity index (χ2v) is 9.53. The Morgan fingerprint density at radius 3 is 2.42 bits per heavy atom. The molecule has 6 nitrogen and oxygen atoms in total. The fraction of sp³-hybridized carbons (Fsp3) is 0.421. The molecule has 7 heteroatoms. The van der Waals surface area contributed by atoms with E-state index in [1.165, 1.54) is 4.31 Å². The molecule has 0 unspecified atom stereocenters. The van der Waals surface area contributed by atoms with Crippen LogP contribution in [0.2, 0.25) is 0 Å². The van der Waals surface area contributed by atoms with E-state index in [0.717, 1.165) is 23.2 Å². The summed E-state index contributed by atoms with van der Waals surface area (Å²) in [6.07, 6.45) is 0.928. The number of benzene rings is 1. The highest BCUT2D eigenvalue weighted by molar-refractivity contribution is 7.86. The summed E-state index contributed by atoms with van der Waals surface area (Å²) in [5, 5.41) is 0. The van der Waals surface area contributed by atoms with Crippen LogP contribution in [0.5, 0.6) is 0 Å². The highest BCUT2D eigenvalue weighted by atomic mass is 32.2. The molecule has 0 radical (unpaired) electrons. The Hall–Kier alpha value is -1.96. The second-order valence-electron chi connectivity index (χ2n) is 7.39. The Balaban J connectivity index is 1.75. The summed E-state index contributed by atoms with van der Waals surface area (Å²) in [4.78, 5) is 12.7. The standard InChI is InChI=1S/C19H23N3O3S/c1-20(2)26(24,25)21-11-14-8-17(13-21)18-9-16(10-19(23)22(18)12-14)15-6-4-3-5-7-15/h3-7,9-10,14,17H,8,11-13H2,1-2H3/t14-,17+/m0/s1. The van der Waals surface area contributed by atoms with Crippen molar-refractivity contribution in [3.8, 4) is 11.1 Å². The van der Waals surface area contributed by atoms with E-state index in [4.69, 9.17) is 0 Å². The van der Waals surface area contributed by atoms with E-state index in [9.17, 15) is 13.2 Å². The molecule has 2 aliphatic rings. The SMILES string of the molecule is CN(C)S(=O)(=O)N1C[C@@H]2C[C@H](C1)c1cc(-c3ccccc3)cc(=O)n1C2. The molecular weight excluding hydrogens is 350 g/mol. The lowest BCUT2D eigenvalue weighted by Gasteiger charge is -2.42. The van der Waals surface area contributed by atoms with Gasteiger partial charge in [0, 0.05) is 51.4 Å². The Kier molecular flexibility index (Phi) is 4.25. The first-order valence-electron chi connectivity index (χ1n) is 8.84. The summed E-state index contributed by atoms with van der Waals surface area (Å²) in [5.41, 5.74) is 2.85. The average molecular weight is 373 g/mol. The maximum atomic E-state index is 12.7. The third-order valence-corrected chi connectivity index (χ3v) is 7.29. The van der Waals surface area contributed by atoms with Gasteiger partial charge in [-0.3, -0.25) is 4.79 Å². The molecule has 1 saturated heterocycles. The Labute approximate surface area is 153 Å². The molecule has 0 saturated carbocycles. The van der Waals surface area contributed by atoms with Gasteiger partial charge in [0.25, 0.3) is 15.8 Å². The van der Waals surface area contributed by atoms with Crippen molar-refractivity contribution in [2.24, 2.45) is 5.92 Å². The van der Waals surface area contributed by atoms with Crippen LogP contribution in [0.25, 0.3) is 11.1 Å². The van der Waals surface area contributed by atoms with Gasteiger partial charge in [-0.1, -0.05) is 30.3 Å². The first kappa shape index (κ1) is 17.5. The monoisotopic (exact) mass is 373 g/mol. The molecule has 1 aromatic heterocycles. The van der Waals surface area contributed by atoms with E-state index in [-0.39, 0.29) is 17.4 Å². The van der Waals surface area contributed by atoms with Crippen LogP contribution < -0.4 is 5.56 Å². The Morgan fingerprint density at radius 2 is 1.73 bits per heavy atom. The molecule has 2 aromatic rings. The zero-order valence-electron chi connectivity index (χ0n) is 15.0. The Bertz CT molecular complexity index is 983. The molecule has 1 fully saturated rings. The van der Waals surface area contributed by atoms with Crippen LogP contribution >= 0.6 is 0 Å². The molecule has 138 valence electrons. The predicted octanol–water partition coefficient (Wildman–Crippen LogP) is 1.74. The van der Waals surface area contributed by atoms with E-state index < -0.39 is 10.2 Å². The van der Waals surface area contributed by atoms with Crippen LogP contribution in [0, 0.1) is 5.92 Å². The fourth-order valence-electron chi connectivity index (χ4n) is 4.13. The molecule has 3 heterocycles. The van der Waals surface area contributed by atoms with Crippen molar-refractivity contribution in [1.82, 2.24) is 13.2 Å². The number of pyridine rings is 1. The van der Waals surface area contributed by atoms with Crippen LogP contribution in [-0.4, -0.2) is 48.8 Å². The molecule has 2 bridgehead atoms. The highest BCUT2D eigenvalue weighted by Crippen LogP contribution is 2.37. The van der Waals surface area contributed by atoms with Crippen LogP contribution in [0.1, 0.15) is 18.0 Å². The van der Waals surface area contributed by atoms with Gasteiger partial charge in [0.1, 0.15) is 0 Å². The largest absolute Gasteiger partial charge is 0.312 e. The third kappa shape index (κ3) is 2.90. The second kappa shape index (κ2) is 6.33. The summed E-state index contributed by atoms with van der Waals surface area (Å²) in [5.74, 6) is 0.227. The summed E-state index contributed by atoms with van der Waals surface area (Å²) in [6, 6.07) is 13.6. The molecule has 1 aromatic carbocycles. The van der Waals surface area contributed by atoms with Gasteiger partial charge in [0.05, 0.1) is 0 Å². The van der Waals surface area contributed by atoms with Gasteiger partial charge >= 0.3 is 0 Å². The quantitative estimate of drug-likeness (QED) is 0.823. The van der Waals surface area contributed by atoms with Gasteiger partial charge in [-0.15, -0.1) is 0 Å². The number of nitrogens with zero attached hydrogens (tertiary/aromatic N) is 3. The number of piperidine rings is 1. The summed E-state index contributed by atoms with van der Waals surface area (Å²) >= 11 is 0. The fourth-order valence-corrected chi connectivity index (χ4v) is 5.36. The molecule has 2 aliphatic heterocycles. The molecule has 26 heavy (non-hydrogen) atoms. The van der Waals surface area contributed by atoms with Crippen molar-refractivity contribution >= 4 is 10.2 Å². The van der Waals surface area contributed by atoms with E-state index in [1.54, 1.807) is 24.5 Å². The lowest BCUT2D eigenvalue weighted by Crippen LogP contribution is -2.51. The van der Waals surface area contributed by atoms with Crippen molar-refractivity contribution in [3.63, 3.8) is 0 Å². The summed E-state index contributed by atoms with van der Waals surface area (Å²) in [6.45, 7) is 1.48. The van der Waals surface area contributed by atoms with Gasteiger partial charge in [0.15, 0.2) is 0 Å². The zero-order valence-corrected chi connectivity index (χ0v) is 15.8. The number of hydrogen-bond donors (Lipinski definition) is 0. The zero-order chi connectivity index (χ0) is 18.5. The normalized spacial score (nSPS) is 23.0. The minimum atomic E-state index is -3.44. The van der Waals surface area contributed by atoms with Crippen molar-refractivity contribution in [1.29, 1.82) is 0 Å². The molecule has 0 spiro atoms. The lowest BCUT2D eigenvalue weighted by atomic mass is 9.83.